The summed E-state index contributed by atoms with van der Waals surface area (Å²) in [5, 5.41) is 2.83. The highest BCUT2D eigenvalue weighted by molar-refractivity contribution is 7.91. The first-order valence-electron chi connectivity index (χ1n) is 9.91. The summed E-state index contributed by atoms with van der Waals surface area (Å²) in [6.45, 7) is 0.886. The van der Waals surface area contributed by atoms with Gasteiger partial charge >= 0.3 is 0 Å². The van der Waals surface area contributed by atoms with Gasteiger partial charge in [0.2, 0.25) is 5.91 Å². The van der Waals surface area contributed by atoms with Crippen LogP contribution in [0.1, 0.15) is 11.1 Å². The van der Waals surface area contributed by atoms with Gasteiger partial charge in [0.15, 0.2) is 0 Å². The first kappa shape index (κ1) is 22.5. The monoisotopic (exact) mass is 488 g/mol. The van der Waals surface area contributed by atoms with E-state index < -0.39 is 16.1 Å². The zero-order valence-electron chi connectivity index (χ0n) is 17.0. The fourth-order valence-electron chi connectivity index (χ4n) is 3.25. The number of hydrogen-bond acceptors (Lipinski definition) is 5. The Balaban J connectivity index is 1.33. The van der Waals surface area contributed by atoms with Crippen LogP contribution in [0.2, 0.25) is 4.34 Å². The second kappa shape index (κ2) is 9.87. The third kappa shape index (κ3) is 5.21. The third-order valence-corrected chi connectivity index (χ3v) is 8.48. The predicted molar refractivity (Wildman–Crippen MR) is 125 cm³/mol. The molecule has 9 heteroatoms. The van der Waals surface area contributed by atoms with E-state index in [0.29, 0.717) is 17.5 Å². The van der Waals surface area contributed by atoms with Crippen molar-refractivity contribution in [1.29, 1.82) is 0 Å². The molecule has 0 radical (unpaired) electrons. The highest BCUT2D eigenvalue weighted by Crippen LogP contribution is 2.30. The van der Waals surface area contributed by atoms with Crippen LogP contribution in [-0.2, 0) is 28.0 Å². The lowest BCUT2D eigenvalue weighted by molar-refractivity contribution is -0.123. The van der Waals surface area contributed by atoms with Gasteiger partial charge in [0.25, 0.3) is 10.0 Å². The van der Waals surface area contributed by atoms with Crippen LogP contribution < -0.4 is 10.1 Å². The maximum atomic E-state index is 12.9. The lowest BCUT2D eigenvalue weighted by Crippen LogP contribution is -2.45. The molecule has 2 heterocycles. The molecule has 0 fully saturated rings. The number of amides is 1. The summed E-state index contributed by atoms with van der Waals surface area (Å²) in [7, 11) is -3.80. The summed E-state index contributed by atoms with van der Waals surface area (Å²) in [5.41, 5.74) is 1.91. The van der Waals surface area contributed by atoms with Crippen LogP contribution in [0.5, 0.6) is 5.75 Å². The Morgan fingerprint density at radius 1 is 1.06 bits per heavy atom. The molecule has 166 valence electrons. The van der Waals surface area contributed by atoms with Gasteiger partial charge in [-0.15, -0.1) is 11.3 Å². The Labute approximate surface area is 196 Å². The third-order valence-electron chi connectivity index (χ3n) is 4.93. The Morgan fingerprint density at radius 3 is 2.47 bits per heavy atom. The topological polar surface area (TPSA) is 75.7 Å². The number of ether oxygens (including phenoxy) is 1. The first-order valence-corrected chi connectivity index (χ1v) is 12.5. The minimum Gasteiger partial charge on any atom is -0.489 e. The second-order valence-electron chi connectivity index (χ2n) is 7.14. The van der Waals surface area contributed by atoms with E-state index in [0.717, 1.165) is 28.2 Å². The average molecular weight is 489 g/mol. The number of halogens is 1. The molecular formula is C23H21ClN2O4S2. The molecule has 1 aromatic heterocycles. The van der Waals surface area contributed by atoms with Crippen LogP contribution in [0.25, 0.3) is 0 Å². The van der Waals surface area contributed by atoms with Crippen molar-refractivity contribution in [3.8, 4) is 5.75 Å². The molecule has 32 heavy (non-hydrogen) atoms. The lowest BCUT2D eigenvalue weighted by Gasteiger charge is -2.22. The first-order chi connectivity index (χ1) is 15.4. The number of para-hydroxylation sites is 1. The van der Waals surface area contributed by atoms with Gasteiger partial charge in [0.1, 0.15) is 22.6 Å². The van der Waals surface area contributed by atoms with Crippen LogP contribution >= 0.6 is 22.9 Å². The summed E-state index contributed by atoms with van der Waals surface area (Å²) < 4.78 is 33.2. The highest BCUT2D eigenvalue weighted by atomic mass is 35.5. The molecule has 3 aromatic rings. The summed E-state index contributed by atoms with van der Waals surface area (Å²) >= 11 is 6.86. The Morgan fingerprint density at radius 2 is 1.78 bits per heavy atom. The standard InChI is InChI=1S/C23H21ClN2O4S2/c24-21-12-13-22(31-21)32(28,29)26-14-4-7-20(26)23(27)25-15-17-8-10-18(11-9-17)16-30-19-5-2-1-3-6-19/h1-13,20H,14-16H2,(H,25,27)/t20-/m0/s1. The van der Waals surface area contributed by atoms with Gasteiger partial charge in [-0.3, -0.25) is 4.79 Å². The van der Waals surface area contributed by atoms with Crippen molar-refractivity contribution < 1.29 is 17.9 Å². The van der Waals surface area contributed by atoms with Gasteiger partial charge in [-0.05, 0) is 35.4 Å². The van der Waals surface area contributed by atoms with E-state index in [1.807, 2.05) is 54.6 Å². The summed E-state index contributed by atoms with van der Waals surface area (Å²) in [4.78, 5) is 12.7. The maximum Gasteiger partial charge on any atom is 0.253 e. The van der Waals surface area contributed by atoms with Crippen molar-refractivity contribution in [2.75, 3.05) is 6.54 Å². The van der Waals surface area contributed by atoms with E-state index in [-0.39, 0.29) is 16.7 Å². The molecule has 0 saturated heterocycles. The number of thiophene rings is 1. The van der Waals surface area contributed by atoms with Gasteiger partial charge in [0.05, 0.1) is 4.34 Å². The van der Waals surface area contributed by atoms with Crippen molar-refractivity contribution in [1.82, 2.24) is 9.62 Å². The van der Waals surface area contributed by atoms with E-state index in [4.69, 9.17) is 16.3 Å². The normalized spacial score (nSPS) is 16.2. The Kier molecular flexibility index (Phi) is 6.95. The average Bonchev–Trinajstić information content (AvgIpc) is 3.48. The molecule has 1 aliphatic heterocycles. The number of hydrogen-bond donors (Lipinski definition) is 1. The van der Waals surface area contributed by atoms with E-state index in [1.165, 1.54) is 16.4 Å². The van der Waals surface area contributed by atoms with Crippen molar-refractivity contribution in [3.05, 3.63) is 94.3 Å². The molecular weight excluding hydrogens is 468 g/mol. The van der Waals surface area contributed by atoms with Gasteiger partial charge in [-0.1, -0.05) is 66.2 Å². The molecule has 1 N–H and O–H groups in total. The van der Waals surface area contributed by atoms with Crippen molar-refractivity contribution >= 4 is 38.9 Å². The highest BCUT2D eigenvalue weighted by Gasteiger charge is 2.37. The number of benzene rings is 2. The van der Waals surface area contributed by atoms with Crippen molar-refractivity contribution in [2.45, 2.75) is 23.4 Å². The van der Waals surface area contributed by atoms with E-state index in [2.05, 4.69) is 5.32 Å². The largest absolute Gasteiger partial charge is 0.489 e. The van der Waals surface area contributed by atoms with Crippen molar-refractivity contribution in [3.63, 3.8) is 0 Å². The van der Waals surface area contributed by atoms with Gasteiger partial charge in [0, 0.05) is 13.1 Å². The number of carbonyl (C=O) groups is 1. The number of carbonyl (C=O) groups excluding carboxylic acids is 1. The Bertz CT molecular complexity index is 1210. The van der Waals surface area contributed by atoms with E-state index in [9.17, 15) is 13.2 Å². The van der Waals surface area contributed by atoms with Crippen LogP contribution in [0.3, 0.4) is 0 Å². The fourth-order valence-corrected chi connectivity index (χ4v) is 6.36. The zero-order valence-corrected chi connectivity index (χ0v) is 19.4. The number of sulfonamides is 1. The number of nitrogens with zero attached hydrogens (tertiary/aromatic N) is 1. The molecule has 6 nitrogen and oxygen atoms in total. The maximum absolute atomic E-state index is 12.9. The van der Waals surface area contributed by atoms with Gasteiger partial charge < -0.3 is 10.1 Å². The smallest absolute Gasteiger partial charge is 0.253 e. The van der Waals surface area contributed by atoms with E-state index in [1.54, 1.807) is 12.2 Å². The molecule has 0 bridgehead atoms. The van der Waals surface area contributed by atoms with Crippen LogP contribution in [-0.4, -0.2) is 31.2 Å². The predicted octanol–water partition coefficient (Wildman–Crippen LogP) is 4.23. The summed E-state index contributed by atoms with van der Waals surface area (Å²) in [5.74, 6) is 0.430. The molecule has 1 amide bonds. The number of rotatable bonds is 8. The molecule has 0 saturated carbocycles. The summed E-state index contributed by atoms with van der Waals surface area (Å²) in [6, 6.07) is 19.4. The molecule has 4 rings (SSSR count). The fraction of sp³-hybridized carbons (Fsp3) is 0.174. The molecule has 0 aliphatic carbocycles. The molecule has 0 unspecified atom stereocenters. The zero-order chi connectivity index (χ0) is 22.6. The van der Waals surface area contributed by atoms with Gasteiger partial charge in [-0.2, -0.15) is 4.31 Å². The van der Waals surface area contributed by atoms with Crippen molar-refractivity contribution in [2.24, 2.45) is 0 Å². The SMILES string of the molecule is O=C(NCc1ccc(COc2ccccc2)cc1)[C@@H]1C=CCN1S(=O)(=O)c1ccc(Cl)s1. The van der Waals surface area contributed by atoms with Crippen LogP contribution in [0.4, 0.5) is 0 Å². The minimum atomic E-state index is -3.80. The lowest BCUT2D eigenvalue weighted by atomic mass is 10.1. The van der Waals surface area contributed by atoms with Crippen LogP contribution in [0, 0.1) is 0 Å². The molecule has 0 spiro atoms. The minimum absolute atomic E-state index is 0.123. The number of nitrogens with one attached hydrogen (secondary N) is 1. The Hall–Kier alpha value is -2.65. The second-order valence-corrected chi connectivity index (χ2v) is 11.0. The summed E-state index contributed by atoms with van der Waals surface area (Å²) in [6.07, 6.45) is 3.28. The molecule has 1 aliphatic rings. The quantitative estimate of drug-likeness (QED) is 0.481. The van der Waals surface area contributed by atoms with Gasteiger partial charge in [-0.25, -0.2) is 8.42 Å². The molecule has 1 atom stereocenters. The molecule has 2 aromatic carbocycles. The van der Waals surface area contributed by atoms with Crippen LogP contribution in [0.15, 0.2) is 83.1 Å². The van der Waals surface area contributed by atoms with E-state index >= 15 is 0 Å².